The number of rotatable bonds is 3. The number of phenolic OH excluding ortho intramolecular Hbond substituents is 2. The number of aliphatic hydroxyl groups is 1. The van der Waals surface area contributed by atoms with Gasteiger partial charge in [-0.25, -0.2) is 0 Å². The van der Waals surface area contributed by atoms with Crippen molar-refractivity contribution in [2.75, 3.05) is 6.61 Å². The molecule has 3 rings (SSSR count). The first kappa shape index (κ1) is 13.8. The molecule has 1 heterocycles. The summed E-state index contributed by atoms with van der Waals surface area (Å²) in [6.45, 7) is 0.187. The number of ether oxygens (including phenoxy) is 1. The number of hydrogen-bond donors (Lipinski definition) is 3. The van der Waals surface area contributed by atoms with Gasteiger partial charge in [-0.1, -0.05) is 12.1 Å². The van der Waals surface area contributed by atoms with Crippen LogP contribution < -0.4 is 4.74 Å². The molecule has 0 fully saturated rings. The summed E-state index contributed by atoms with van der Waals surface area (Å²) in [4.78, 5) is 0. The third kappa shape index (κ3) is 2.81. The van der Waals surface area contributed by atoms with Gasteiger partial charge >= 0.3 is 0 Å². The second-order valence-corrected chi connectivity index (χ2v) is 5.31. The Morgan fingerprint density at radius 1 is 1.00 bits per heavy atom. The van der Waals surface area contributed by atoms with E-state index in [2.05, 4.69) is 6.07 Å². The minimum Gasteiger partial charge on any atom is -0.508 e. The van der Waals surface area contributed by atoms with Gasteiger partial charge in [0.1, 0.15) is 23.0 Å². The van der Waals surface area contributed by atoms with Gasteiger partial charge in [-0.05, 0) is 42.9 Å². The molecule has 0 aliphatic carbocycles. The molecule has 0 radical (unpaired) electrons. The van der Waals surface area contributed by atoms with Gasteiger partial charge in [0.15, 0.2) is 0 Å². The molecule has 0 bridgehead atoms. The van der Waals surface area contributed by atoms with Gasteiger partial charge < -0.3 is 20.1 Å². The number of fused-ring (bicyclic) bond motifs is 2. The van der Waals surface area contributed by atoms with E-state index in [9.17, 15) is 10.2 Å². The smallest absolute Gasteiger partial charge is 0.138 e. The summed E-state index contributed by atoms with van der Waals surface area (Å²) < 4.78 is 5.85. The highest BCUT2D eigenvalue weighted by molar-refractivity contribution is 5.54. The summed E-state index contributed by atoms with van der Waals surface area (Å²) in [7, 11) is 0. The van der Waals surface area contributed by atoms with Crippen molar-refractivity contribution >= 4 is 0 Å². The zero-order valence-corrected chi connectivity index (χ0v) is 11.7. The molecule has 0 saturated heterocycles. The van der Waals surface area contributed by atoms with Crippen LogP contribution in [0.1, 0.15) is 23.1 Å². The fourth-order valence-corrected chi connectivity index (χ4v) is 2.70. The van der Waals surface area contributed by atoms with Crippen LogP contribution in [0.5, 0.6) is 23.0 Å². The van der Waals surface area contributed by atoms with E-state index in [-0.39, 0.29) is 18.1 Å². The van der Waals surface area contributed by atoms with Crippen molar-refractivity contribution in [3.05, 3.63) is 47.0 Å². The van der Waals surface area contributed by atoms with E-state index in [0.29, 0.717) is 12.2 Å². The summed E-state index contributed by atoms with van der Waals surface area (Å²) in [6, 6.07) is 8.86. The molecule has 4 nitrogen and oxygen atoms in total. The lowest BCUT2D eigenvalue weighted by Gasteiger charge is -2.11. The van der Waals surface area contributed by atoms with E-state index >= 15 is 0 Å². The molecule has 2 aromatic carbocycles. The Labute approximate surface area is 123 Å². The lowest BCUT2D eigenvalue weighted by molar-refractivity contribution is 0.288. The molecule has 110 valence electrons. The molecule has 1 aliphatic rings. The molecule has 21 heavy (non-hydrogen) atoms. The lowest BCUT2D eigenvalue weighted by Crippen LogP contribution is -1.94. The maximum absolute atomic E-state index is 9.94. The lowest BCUT2D eigenvalue weighted by atomic mass is 10.0. The van der Waals surface area contributed by atoms with Gasteiger partial charge in [0.25, 0.3) is 0 Å². The molecule has 0 atom stereocenters. The van der Waals surface area contributed by atoms with Crippen LogP contribution in [0.3, 0.4) is 0 Å². The summed E-state index contributed by atoms with van der Waals surface area (Å²) in [5.74, 6) is 1.33. The van der Waals surface area contributed by atoms with Gasteiger partial charge in [0.05, 0.1) is 0 Å². The molecule has 3 N–H and O–H groups in total. The van der Waals surface area contributed by atoms with Gasteiger partial charge in [0, 0.05) is 24.3 Å². The Kier molecular flexibility index (Phi) is 3.71. The Morgan fingerprint density at radius 3 is 2.67 bits per heavy atom. The van der Waals surface area contributed by atoms with Crippen molar-refractivity contribution in [2.45, 2.75) is 25.7 Å². The number of aromatic hydroxyl groups is 2. The highest BCUT2D eigenvalue weighted by atomic mass is 16.5. The first-order valence-electron chi connectivity index (χ1n) is 7.13. The maximum Gasteiger partial charge on any atom is 0.138 e. The Bertz CT molecular complexity index is 664. The number of phenols is 2. The molecule has 0 aromatic heterocycles. The first-order chi connectivity index (χ1) is 10.2. The summed E-state index contributed by atoms with van der Waals surface area (Å²) >= 11 is 0. The van der Waals surface area contributed by atoms with Crippen molar-refractivity contribution in [3.8, 4) is 23.0 Å². The predicted octanol–water partition coefficient (Wildman–Crippen LogP) is 2.91. The molecular weight excluding hydrogens is 268 g/mol. The maximum atomic E-state index is 9.94. The number of aryl methyl sites for hydroxylation is 2. The van der Waals surface area contributed by atoms with E-state index in [1.807, 2.05) is 12.1 Å². The normalized spacial score (nSPS) is 13.0. The van der Waals surface area contributed by atoms with Gasteiger partial charge in [-0.2, -0.15) is 0 Å². The van der Waals surface area contributed by atoms with E-state index in [1.54, 1.807) is 0 Å². The van der Waals surface area contributed by atoms with Crippen molar-refractivity contribution in [1.29, 1.82) is 0 Å². The highest BCUT2D eigenvalue weighted by Gasteiger charge is 2.19. The van der Waals surface area contributed by atoms with Crippen LogP contribution in [0, 0.1) is 0 Å². The number of benzene rings is 2. The zero-order chi connectivity index (χ0) is 14.8. The summed E-state index contributed by atoms with van der Waals surface area (Å²) in [5, 5.41) is 28.4. The van der Waals surface area contributed by atoms with Crippen molar-refractivity contribution < 1.29 is 20.1 Å². The minimum absolute atomic E-state index is 0.00531. The molecule has 2 aromatic rings. The predicted molar refractivity (Wildman–Crippen MR) is 79.1 cm³/mol. The summed E-state index contributed by atoms with van der Waals surface area (Å²) in [6.07, 6.45) is 3.02. The van der Waals surface area contributed by atoms with Crippen LogP contribution in [0.25, 0.3) is 0 Å². The van der Waals surface area contributed by atoms with E-state index in [1.165, 1.54) is 17.7 Å². The van der Waals surface area contributed by atoms with Crippen LogP contribution in [0.15, 0.2) is 30.3 Å². The van der Waals surface area contributed by atoms with Crippen LogP contribution in [0.2, 0.25) is 0 Å². The van der Waals surface area contributed by atoms with Crippen LogP contribution >= 0.6 is 0 Å². The van der Waals surface area contributed by atoms with Crippen LogP contribution in [-0.2, 0) is 19.3 Å². The van der Waals surface area contributed by atoms with Gasteiger partial charge in [0.2, 0.25) is 0 Å². The molecule has 0 unspecified atom stereocenters. The Balaban J connectivity index is 1.93. The molecular formula is C17H18O4. The quantitative estimate of drug-likeness (QED) is 0.811. The van der Waals surface area contributed by atoms with E-state index < -0.39 is 0 Å². The van der Waals surface area contributed by atoms with Crippen molar-refractivity contribution in [2.24, 2.45) is 0 Å². The fraction of sp³-hybridized carbons (Fsp3) is 0.294. The second-order valence-electron chi connectivity index (χ2n) is 5.31. The molecule has 0 spiro atoms. The topological polar surface area (TPSA) is 69.9 Å². The number of hydrogen-bond acceptors (Lipinski definition) is 4. The van der Waals surface area contributed by atoms with Crippen LogP contribution in [-0.4, -0.2) is 21.9 Å². The minimum atomic E-state index is -0.00531. The summed E-state index contributed by atoms with van der Waals surface area (Å²) in [5.41, 5.74) is 2.98. The Hall–Kier alpha value is -2.20. The second kappa shape index (κ2) is 5.66. The average molecular weight is 286 g/mol. The fourth-order valence-electron chi connectivity index (χ4n) is 2.70. The third-order valence-corrected chi connectivity index (χ3v) is 3.78. The first-order valence-corrected chi connectivity index (χ1v) is 7.13. The van der Waals surface area contributed by atoms with Crippen LogP contribution in [0.4, 0.5) is 0 Å². The molecule has 0 amide bonds. The van der Waals surface area contributed by atoms with Gasteiger partial charge in [-0.3, -0.25) is 0 Å². The van der Waals surface area contributed by atoms with Crippen molar-refractivity contribution in [3.63, 3.8) is 0 Å². The Morgan fingerprint density at radius 2 is 1.86 bits per heavy atom. The molecule has 4 heteroatoms. The van der Waals surface area contributed by atoms with Crippen molar-refractivity contribution in [1.82, 2.24) is 0 Å². The van der Waals surface area contributed by atoms with E-state index in [4.69, 9.17) is 9.84 Å². The monoisotopic (exact) mass is 286 g/mol. The highest BCUT2D eigenvalue weighted by Crippen LogP contribution is 2.40. The largest absolute Gasteiger partial charge is 0.508 e. The zero-order valence-electron chi connectivity index (χ0n) is 11.7. The third-order valence-electron chi connectivity index (χ3n) is 3.78. The standard InChI is InChI=1S/C17H18O4/c18-7-1-2-11-3-6-16-12(8-11)4-5-14-15(20)9-13(19)10-17(14)21-16/h3,6,8-10,18-20H,1-2,4-5,7H2. The van der Waals surface area contributed by atoms with E-state index in [0.717, 1.165) is 36.1 Å². The number of aliphatic hydroxyl groups excluding tert-OH is 1. The molecule has 1 aliphatic heterocycles. The molecule has 0 saturated carbocycles. The SMILES string of the molecule is OCCCc1ccc2c(c1)CCc1c(O)cc(O)cc1O2. The average Bonchev–Trinajstić information content (AvgIpc) is 2.63. The van der Waals surface area contributed by atoms with Gasteiger partial charge in [-0.15, -0.1) is 0 Å².